The number of epoxide rings is 1. The van der Waals surface area contributed by atoms with Gasteiger partial charge >= 0.3 is 0 Å². The van der Waals surface area contributed by atoms with Crippen molar-refractivity contribution in [3.8, 4) is 11.5 Å². The molecule has 0 bridgehead atoms. The fourth-order valence-electron chi connectivity index (χ4n) is 1.77. The molecule has 1 N–H and O–H groups in total. The van der Waals surface area contributed by atoms with Gasteiger partial charge in [0.05, 0.1) is 19.3 Å². The maximum atomic E-state index is 9.82. The van der Waals surface area contributed by atoms with E-state index >= 15 is 0 Å². The summed E-state index contributed by atoms with van der Waals surface area (Å²) in [5, 5.41) is 9.82. The quantitative estimate of drug-likeness (QED) is 0.771. The lowest BCUT2D eigenvalue weighted by Crippen LogP contribution is -1.95. The molecule has 1 aliphatic heterocycles. The zero-order chi connectivity index (χ0) is 10.8. The number of rotatable bonds is 4. The van der Waals surface area contributed by atoms with Crippen LogP contribution < -0.4 is 4.74 Å². The van der Waals surface area contributed by atoms with Crippen molar-refractivity contribution in [2.45, 2.75) is 32.0 Å². The van der Waals surface area contributed by atoms with Crippen LogP contribution in [0.15, 0.2) is 18.2 Å². The first kappa shape index (κ1) is 10.3. The van der Waals surface area contributed by atoms with Gasteiger partial charge in [-0.15, -0.1) is 0 Å². The fraction of sp³-hybridized carbons (Fsp3) is 0.500. The highest BCUT2D eigenvalue weighted by Gasteiger charge is 2.33. The van der Waals surface area contributed by atoms with Gasteiger partial charge in [0.1, 0.15) is 0 Å². The van der Waals surface area contributed by atoms with Gasteiger partial charge in [0.2, 0.25) is 0 Å². The second-order valence-corrected chi connectivity index (χ2v) is 3.89. The molecule has 2 unspecified atom stereocenters. The van der Waals surface area contributed by atoms with E-state index in [2.05, 4.69) is 6.92 Å². The molecule has 2 atom stereocenters. The van der Waals surface area contributed by atoms with Crippen LogP contribution in [0.2, 0.25) is 0 Å². The van der Waals surface area contributed by atoms with Gasteiger partial charge in [0.15, 0.2) is 11.5 Å². The number of benzene rings is 1. The maximum Gasteiger partial charge on any atom is 0.160 e. The van der Waals surface area contributed by atoms with Crippen molar-refractivity contribution in [3.05, 3.63) is 23.8 Å². The normalized spacial score (nSPS) is 23.9. The summed E-state index contributed by atoms with van der Waals surface area (Å²) in [6.45, 7) is 2.07. The monoisotopic (exact) mass is 208 g/mol. The molecule has 1 fully saturated rings. The summed E-state index contributed by atoms with van der Waals surface area (Å²) in [6, 6.07) is 5.57. The number of methoxy groups -OCH3 is 1. The topological polar surface area (TPSA) is 42.0 Å². The molecule has 0 spiro atoms. The largest absolute Gasteiger partial charge is 0.504 e. The van der Waals surface area contributed by atoms with Crippen LogP contribution in [0, 0.1) is 0 Å². The predicted molar refractivity (Wildman–Crippen MR) is 57.3 cm³/mol. The molecule has 1 saturated heterocycles. The highest BCUT2D eigenvalue weighted by atomic mass is 16.6. The van der Waals surface area contributed by atoms with E-state index in [1.54, 1.807) is 13.2 Å². The summed E-state index contributed by atoms with van der Waals surface area (Å²) in [5.74, 6) is 0.797. The van der Waals surface area contributed by atoms with Crippen molar-refractivity contribution in [3.63, 3.8) is 0 Å². The number of aryl methyl sites for hydroxylation is 1. The molecule has 1 heterocycles. The summed E-state index contributed by atoms with van der Waals surface area (Å²) >= 11 is 0. The molecule has 82 valence electrons. The van der Waals surface area contributed by atoms with Crippen molar-refractivity contribution < 1.29 is 14.6 Å². The third kappa shape index (κ3) is 2.23. The van der Waals surface area contributed by atoms with Crippen LogP contribution in [0.25, 0.3) is 0 Å². The standard InChI is InChI=1S/C12H16O3/c1-8-10(15-8)7-6-9-4-3-5-11(14-2)12(9)13/h3-5,8,10,13H,6-7H2,1-2H3. The lowest BCUT2D eigenvalue weighted by atomic mass is 10.1. The number of phenols is 1. The number of hydrogen-bond acceptors (Lipinski definition) is 3. The first-order chi connectivity index (χ1) is 7.22. The summed E-state index contributed by atoms with van der Waals surface area (Å²) in [4.78, 5) is 0. The third-order valence-corrected chi connectivity index (χ3v) is 2.84. The maximum absolute atomic E-state index is 9.82. The van der Waals surface area contributed by atoms with Gasteiger partial charge in [-0.1, -0.05) is 12.1 Å². The van der Waals surface area contributed by atoms with Crippen molar-refractivity contribution >= 4 is 0 Å². The van der Waals surface area contributed by atoms with Gasteiger partial charge in [-0.25, -0.2) is 0 Å². The predicted octanol–water partition coefficient (Wildman–Crippen LogP) is 2.12. The lowest BCUT2D eigenvalue weighted by molar-refractivity contribution is 0.362. The van der Waals surface area contributed by atoms with Gasteiger partial charge in [0, 0.05) is 0 Å². The Hall–Kier alpha value is -1.22. The summed E-state index contributed by atoms with van der Waals surface area (Å²) < 4.78 is 10.4. The second kappa shape index (κ2) is 4.11. The van der Waals surface area contributed by atoms with Crippen molar-refractivity contribution in [2.75, 3.05) is 7.11 Å². The van der Waals surface area contributed by atoms with Crippen LogP contribution in [0.1, 0.15) is 18.9 Å². The SMILES string of the molecule is COc1cccc(CCC2OC2C)c1O. The molecular formula is C12H16O3. The average molecular weight is 208 g/mol. The van der Waals surface area contributed by atoms with Crippen LogP contribution in [0.5, 0.6) is 11.5 Å². The highest BCUT2D eigenvalue weighted by Crippen LogP contribution is 2.32. The number of aromatic hydroxyl groups is 1. The van der Waals surface area contributed by atoms with Gasteiger partial charge < -0.3 is 14.6 Å². The first-order valence-corrected chi connectivity index (χ1v) is 5.22. The summed E-state index contributed by atoms with van der Waals surface area (Å²) in [6.07, 6.45) is 2.55. The molecule has 1 aliphatic rings. The minimum Gasteiger partial charge on any atom is -0.504 e. The Kier molecular flexibility index (Phi) is 2.82. The molecule has 2 rings (SSSR count). The lowest BCUT2D eigenvalue weighted by Gasteiger charge is -2.07. The molecule has 0 amide bonds. The van der Waals surface area contributed by atoms with Gasteiger partial charge in [-0.05, 0) is 31.4 Å². The molecule has 0 saturated carbocycles. The minimum absolute atomic E-state index is 0.258. The third-order valence-electron chi connectivity index (χ3n) is 2.84. The minimum atomic E-state index is 0.258. The van der Waals surface area contributed by atoms with Gasteiger partial charge in [-0.3, -0.25) is 0 Å². The highest BCUT2D eigenvalue weighted by molar-refractivity contribution is 5.45. The van der Waals surface area contributed by atoms with Crippen LogP contribution in [0.4, 0.5) is 0 Å². The Morgan fingerprint density at radius 2 is 2.20 bits per heavy atom. The zero-order valence-corrected chi connectivity index (χ0v) is 9.06. The Bertz CT molecular complexity index is 349. The molecule has 15 heavy (non-hydrogen) atoms. The van der Waals surface area contributed by atoms with E-state index < -0.39 is 0 Å². The fourth-order valence-corrected chi connectivity index (χ4v) is 1.77. The first-order valence-electron chi connectivity index (χ1n) is 5.22. The average Bonchev–Trinajstić information content (AvgIpc) is 2.93. The van der Waals surface area contributed by atoms with E-state index in [0.29, 0.717) is 18.0 Å². The van der Waals surface area contributed by atoms with Gasteiger partial charge in [-0.2, -0.15) is 0 Å². The van der Waals surface area contributed by atoms with Crippen molar-refractivity contribution in [2.24, 2.45) is 0 Å². The van der Waals surface area contributed by atoms with E-state index in [4.69, 9.17) is 9.47 Å². The zero-order valence-electron chi connectivity index (χ0n) is 9.06. The Labute approximate surface area is 89.6 Å². The van der Waals surface area contributed by atoms with Crippen LogP contribution >= 0.6 is 0 Å². The molecule has 3 nitrogen and oxygen atoms in total. The van der Waals surface area contributed by atoms with Crippen LogP contribution in [-0.4, -0.2) is 24.4 Å². The molecule has 0 aromatic heterocycles. The molecule has 1 aromatic carbocycles. The summed E-state index contributed by atoms with van der Waals surface area (Å²) in [5.41, 5.74) is 0.928. The van der Waals surface area contributed by atoms with Crippen LogP contribution in [0.3, 0.4) is 0 Å². The Morgan fingerprint density at radius 3 is 2.80 bits per heavy atom. The molecule has 1 aromatic rings. The molecule has 0 radical (unpaired) electrons. The van der Waals surface area contributed by atoms with Crippen molar-refractivity contribution in [1.82, 2.24) is 0 Å². The van der Waals surface area contributed by atoms with E-state index in [1.165, 1.54) is 0 Å². The molecule has 0 aliphatic carbocycles. The van der Waals surface area contributed by atoms with Crippen molar-refractivity contribution in [1.29, 1.82) is 0 Å². The Morgan fingerprint density at radius 1 is 1.47 bits per heavy atom. The number of phenolic OH excluding ortho intramolecular Hbond substituents is 1. The molecule has 3 heteroatoms. The number of ether oxygens (including phenoxy) is 2. The second-order valence-electron chi connectivity index (χ2n) is 3.89. The van der Waals surface area contributed by atoms with Crippen LogP contribution in [-0.2, 0) is 11.2 Å². The van der Waals surface area contributed by atoms with E-state index in [9.17, 15) is 5.11 Å². The Balaban J connectivity index is 2.01. The molecular weight excluding hydrogens is 192 g/mol. The van der Waals surface area contributed by atoms with E-state index in [-0.39, 0.29) is 5.75 Å². The van der Waals surface area contributed by atoms with E-state index in [1.807, 2.05) is 12.1 Å². The number of para-hydroxylation sites is 1. The summed E-state index contributed by atoms with van der Waals surface area (Å²) in [7, 11) is 1.56. The number of hydrogen-bond donors (Lipinski definition) is 1. The smallest absolute Gasteiger partial charge is 0.160 e. The van der Waals surface area contributed by atoms with Gasteiger partial charge in [0.25, 0.3) is 0 Å². The van der Waals surface area contributed by atoms with E-state index in [0.717, 1.165) is 18.4 Å².